The van der Waals surface area contributed by atoms with E-state index < -0.39 is 22.5 Å². The lowest BCUT2D eigenvalue weighted by Gasteiger charge is -2.19. The number of carboxylic acids is 1. The third-order valence-corrected chi connectivity index (χ3v) is 4.74. The Bertz CT molecular complexity index is 781. The number of nitrogens with zero attached hydrogens (tertiary/aromatic N) is 2. The highest BCUT2D eigenvalue weighted by Gasteiger charge is 2.27. The van der Waals surface area contributed by atoms with Gasteiger partial charge in [-0.1, -0.05) is 12.1 Å². The van der Waals surface area contributed by atoms with Crippen LogP contribution in [0, 0.1) is 0 Å². The summed E-state index contributed by atoms with van der Waals surface area (Å²) in [6, 6.07) is 7.99. The highest BCUT2D eigenvalue weighted by atomic mass is 32.2. The van der Waals surface area contributed by atoms with Crippen molar-refractivity contribution >= 4 is 26.9 Å². The molecule has 0 amide bonds. The summed E-state index contributed by atoms with van der Waals surface area (Å²) in [7, 11) is -3.94. The van der Waals surface area contributed by atoms with Gasteiger partial charge in [-0.3, -0.25) is 9.78 Å². The third kappa shape index (κ3) is 3.09. The lowest BCUT2D eigenvalue weighted by atomic mass is 10.2. The molecule has 2 aromatic rings. The van der Waals surface area contributed by atoms with Crippen molar-refractivity contribution in [2.45, 2.75) is 4.90 Å². The molecular weight excluding hydrogens is 292 g/mol. The molecule has 0 aliphatic rings. The summed E-state index contributed by atoms with van der Waals surface area (Å²) in [6.07, 6.45) is 2.92. The summed E-state index contributed by atoms with van der Waals surface area (Å²) in [5, 5.41) is 9.34. The van der Waals surface area contributed by atoms with Gasteiger partial charge in [0.05, 0.1) is 10.4 Å². The van der Waals surface area contributed by atoms with E-state index in [4.69, 9.17) is 5.11 Å². The Balaban J connectivity index is 2.59. The fraction of sp³-hybridized carbons (Fsp3) is 0.143. The van der Waals surface area contributed by atoms with Crippen LogP contribution in [0.5, 0.6) is 0 Å². The van der Waals surface area contributed by atoms with Crippen LogP contribution >= 0.6 is 0 Å². The lowest BCUT2D eigenvalue weighted by molar-refractivity contribution is -0.137. The van der Waals surface area contributed by atoms with Crippen LogP contribution < -0.4 is 0 Å². The summed E-state index contributed by atoms with van der Waals surface area (Å²) in [5.74, 6) is -1.22. The van der Waals surface area contributed by atoms with Gasteiger partial charge in [0.2, 0.25) is 10.0 Å². The number of carboxylic acid groups (broad SMARTS) is 1. The molecule has 6 nitrogen and oxygen atoms in total. The van der Waals surface area contributed by atoms with E-state index in [1.165, 1.54) is 12.1 Å². The van der Waals surface area contributed by atoms with Gasteiger partial charge in [-0.05, 0) is 24.3 Å². The third-order valence-electron chi connectivity index (χ3n) is 2.87. The Kier molecular flexibility index (Phi) is 4.35. The molecule has 1 N–H and O–H groups in total. The Labute approximate surface area is 122 Å². The molecule has 0 aliphatic carbocycles. The van der Waals surface area contributed by atoms with Crippen molar-refractivity contribution in [3.8, 4) is 0 Å². The molecule has 7 heteroatoms. The van der Waals surface area contributed by atoms with E-state index in [-0.39, 0.29) is 11.4 Å². The van der Waals surface area contributed by atoms with Crippen LogP contribution in [0.1, 0.15) is 0 Å². The molecule has 0 atom stereocenters. The van der Waals surface area contributed by atoms with Gasteiger partial charge < -0.3 is 5.11 Å². The minimum absolute atomic E-state index is 0.0381. The van der Waals surface area contributed by atoms with Gasteiger partial charge in [-0.2, -0.15) is 4.31 Å². The maximum atomic E-state index is 12.7. The molecular formula is C14H14N2O4S. The van der Waals surface area contributed by atoms with Gasteiger partial charge >= 0.3 is 5.97 Å². The van der Waals surface area contributed by atoms with Crippen LogP contribution in [-0.2, 0) is 14.8 Å². The molecule has 0 saturated carbocycles. The molecule has 0 bridgehead atoms. The molecule has 0 unspecified atom stereocenters. The SMILES string of the molecule is C=CCN(CC(=O)O)S(=O)(=O)c1cccc2ncccc12. The first-order valence-corrected chi connectivity index (χ1v) is 7.57. The number of hydrogen-bond donors (Lipinski definition) is 1. The van der Waals surface area contributed by atoms with E-state index in [0.717, 1.165) is 4.31 Å². The number of fused-ring (bicyclic) bond motifs is 1. The number of pyridine rings is 1. The number of carbonyl (C=O) groups is 1. The zero-order valence-electron chi connectivity index (χ0n) is 11.1. The predicted octanol–water partition coefficient (Wildman–Crippen LogP) is 1.50. The van der Waals surface area contributed by atoms with Crippen LogP contribution in [-0.4, -0.2) is 41.9 Å². The van der Waals surface area contributed by atoms with Crippen LogP contribution in [0.15, 0.2) is 54.1 Å². The minimum Gasteiger partial charge on any atom is -0.480 e. The van der Waals surface area contributed by atoms with E-state index in [9.17, 15) is 13.2 Å². The summed E-state index contributed by atoms with van der Waals surface area (Å²) in [4.78, 5) is 15.0. The van der Waals surface area contributed by atoms with Crippen molar-refractivity contribution in [2.24, 2.45) is 0 Å². The van der Waals surface area contributed by atoms with E-state index in [0.29, 0.717) is 10.9 Å². The van der Waals surface area contributed by atoms with Crippen LogP contribution in [0.3, 0.4) is 0 Å². The Morgan fingerprint density at radius 2 is 2.10 bits per heavy atom. The van der Waals surface area contributed by atoms with Crippen LogP contribution in [0.25, 0.3) is 10.9 Å². The molecule has 2 rings (SSSR count). The Morgan fingerprint density at radius 3 is 2.76 bits per heavy atom. The minimum atomic E-state index is -3.94. The van der Waals surface area contributed by atoms with Gasteiger partial charge in [0.25, 0.3) is 0 Å². The summed E-state index contributed by atoms with van der Waals surface area (Å²) in [5.41, 5.74) is 0.535. The van der Waals surface area contributed by atoms with Crippen molar-refractivity contribution in [1.29, 1.82) is 0 Å². The molecule has 1 heterocycles. The molecule has 0 saturated heterocycles. The number of aliphatic carboxylic acids is 1. The van der Waals surface area contributed by atoms with Crippen LogP contribution in [0.4, 0.5) is 0 Å². The molecule has 110 valence electrons. The largest absolute Gasteiger partial charge is 0.480 e. The van der Waals surface area contributed by atoms with E-state index >= 15 is 0 Å². The number of benzene rings is 1. The van der Waals surface area contributed by atoms with Gasteiger partial charge in [-0.15, -0.1) is 6.58 Å². The average molecular weight is 306 g/mol. The predicted molar refractivity (Wildman–Crippen MR) is 78.3 cm³/mol. The first kappa shape index (κ1) is 15.1. The Morgan fingerprint density at radius 1 is 1.33 bits per heavy atom. The van der Waals surface area contributed by atoms with Crippen molar-refractivity contribution in [3.05, 3.63) is 49.2 Å². The van der Waals surface area contributed by atoms with Crippen molar-refractivity contribution < 1.29 is 18.3 Å². The molecule has 21 heavy (non-hydrogen) atoms. The van der Waals surface area contributed by atoms with Crippen molar-refractivity contribution in [1.82, 2.24) is 9.29 Å². The highest BCUT2D eigenvalue weighted by molar-refractivity contribution is 7.89. The van der Waals surface area contributed by atoms with Crippen molar-refractivity contribution in [3.63, 3.8) is 0 Å². The summed E-state index contributed by atoms with van der Waals surface area (Å²) >= 11 is 0. The zero-order chi connectivity index (χ0) is 15.5. The molecule has 1 aromatic heterocycles. The highest BCUT2D eigenvalue weighted by Crippen LogP contribution is 2.24. The number of rotatable bonds is 6. The summed E-state index contributed by atoms with van der Waals surface area (Å²) in [6.45, 7) is 2.77. The fourth-order valence-corrected chi connectivity index (χ4v) is 3.54. The van der Waals surface area contributed by atoms with Gasteiger partial charge in [0.1, 0.15) is 6.54 Å². The second kappa shape index (κ2) is 6.02. The Hall–Kier alpha value is -2.25. The van der Waals surface area contributed by atoms with Gasteiger partial charge in [0.15, 0.2) is 0 Å². The summed E-state index contributed by atoms with van der Waals surface area (Å²) < 4.78 is 26.2. The van der Waals surface area contributed by atoms with Gasteiger partial charge in [-0.25, -0.2) is 8.42 Å². The topological polar surface area (TPSA) is 87.6 Å². The second-order valence-electron chi connectivity index (χ2n) is 4.31. The van der Waals surface area contributed by atoms with Gasteiger partial charge in [0, 0.05) is 18.1 Å². The maximum absolute atomic E-state index is 12.7. The first-order chi connectivity index (χ1) is 9.96. The molecule has 1 aromatic carbocycles. The molecule has 0 spiro atoms. The number of aromatic nitrogens is 1. The van der Waals surface area contributed by atoms with Crippen molar-refractivity contribution in [2.75, 3.05) is 13.1 Å². The smallest absolute Gasteiger partial charge is 0.318 e. The standard InChI is InChI=1S/C14H14N2O4S/c1-2-9-16(10-14(17)18)21(19,20)13-7-3-6-12-11(13)5-4-8-15-12/h2-8H,1,9-10H2,(H,17,18). The monoisotopic (exact) mass is 306 g/mol. The average Bonchev–Trinajstić information content (AvgIpc) is 2.45. The fourth-order valence-electron chi connectivity index (χ4n) is 1.98. The van der Waals surface area contributed by atoms with Crippen LogP contribution in [0.2, 0.25) is 0 Å². The maximum Gasteiger partial charge on any atom is 0.318 e. The first-order valence-electron chi connectivity index (χ1n) is 6.13. The van der Waals surface area contributed by atoms with E-state index in [1.54, 1.807) is 30.5 Å². The quantitative estimate of drug-likeness (QED) is 0.817. The number of sulfonamides is 1. The molecule has 0 aliphatic heterocycles. The normalized spacial score (nSPS) is 11.7. The van der Waals surface area contributed by atoms with E-state index in [2.05, 4.69) is 11.6 Å². The number of hydrogen-bond acceptors (Lipinski definition) is 4. The zero-order valence-corrected chi connectivity index (χ0v) is 12.0. The second-order valence-corrected chi connectivity index (χ2v) is 6.21. The molecule has 0 fully saturated rings. The van der Waals surface area contributed by atoms with E-state index in [1.807, 2.05) is 0 Å². The molecule has 0 radical (unpaired) electrons. The lowest BCUT2D eigenvalue weighted by Crippen LogP contribution is -2.35.